The van der Waals surface area contributed by atoms with Gasteiger partial charge in [-0.2, -0.15) is 0 Å². The first kappa shape index (κ1) is 17.8. The Morgan fingerprint density at radius 2 is 1.91 bits per heavy atom. The quantitative estimate of drug-likeness (QED) is 0.892. The van der Waals surface area contributed by atoms with E-state index in [1.54, 1.807) is 17.0 Å². The molecule has 0 saturated carbocycles. The first-order chi connectivity index (χ1) is 11.0. The van der Waals surface area contributed by atoms with Gasteiger partial charge in [-0.25, -0.2) is 0 Å². The topological polar surface area (TPSA) is 52.7 Å². The highest BCUT2D eigenvalue weighted by molar-refractivity contribution is 6.33. The SMILES string of the molecule is CN(C)CCNC(=O)C1CCN(C(=O)c2ccccc2Cl)CC1. The Morgan fingerprint density at radius 3 is 2.52 bits per heavy atom. The summed E-state index contributed by atoms with van der Waals surface area (Å²) in [5, 5.41) is 3.44. The van der Waals surface area contributed by atoms with Crippen molar-refractivity contribution in [3.8, 4) is 0 Å². The van der Waals surface area contributed by atoms with Gasteiger partial charge in [0.1, 0.15) is 0 Å². The molecular formula is C17H24ClN3O2. The van der Waals surface area contributed by atoms with Crippen LogP contribution in [-0.4, -0.2) is 61.9 Å². The lowest BCUT2D eigenvalue weighted by Crippen LogP contribution is -2.44. The Morgan fingerprint density at radius 1 is 1.26 bits per heavy atom. The molecule has 1 aromatic rings. The summed E-state index contributed by atoms with van der Waals surface area (Å²) in [6.07, 6.45) is 1.40. The molecule has 0 aliphatic carbocycles. The van der Waals surface area contributed by atoms with E-state index in [-0.39, 0.29) is 17.7 Å². The molecule has 0 unspecified atom stereocenters. The van der Waals surface area contributed by atoms with Crippen LogP contribution in [0.3, 0.4) is 0 Å². The smallest absolute Gasteiger partial charge is 0.255 e. The predicted molar refractivity (Wildman–Crippen MR) is 91.6 cm³/mol. The summed E-state index contributed by atoms with van der Waals surface area (Å²) in [5.74, 6) is 0.0335. The number of nitrogens with one attached hydrogen (secondary N) is 1. The molecular weight excluding hydrogens is 314 g/mol. The zero-order chi connectivity index (χ0) is 16.8. The molecule has 2 rings (SSSR count). The zero-order valence-corrected chi connectivity index (χ0v) is 14.5. The number of rotatable bonds is 5. The van der Waals surface area contributed by atoms with Crippen LogP contribution in [0.15, 0.2) is 24.3 Å². The fraction of sp³-hybridized carbons (Fsp3) is 0.529. The zero-order valence-electron chi connectivity index (χ0n) is 13.7. The molecule has 0 aromatic heterocycles. The Labute approximate surface area is 142 Å². The monoisotopic (exact) mass is 337 g/mol. The first-order valence-corrected chi connectivity index (χ1v) is 8.33. The minimum atomic E-state index is -0.0536. The van der Waals surface area contributed by atoms with E-state index in [1.807, 2.05) is 31.1 Å². The van der Waals surface area contributed by atoms with Crippen molar-refractivity contribution >= 4 is 23.4 Å². The van der Waals surface area contributed by atoms with Crippen molar-refractivity contribution in [1.29, 1.82) is 0 Å². The van der Waals surface area contributed by atoms with Crippen LogP contribution in [0.4, 0.5) is 0 Å². The maximum Gasteiger partial charge on any atom is 0.255 e. The molecule has 126 valence electrons. The Kier molecular flexibility index (Phi) is 6.42. The van der Waals surface area contributed by atoms with Crippen molar-refractivity contribution < 1.29 is 9.59 Å². The molecule has 0 bridgehead atoms. The third-order valence-electron chi connectivity index (χ3n) is 4.12. The lowest BCUT2D eigenvalue weighted by molar-refractivity contribution is -0.126. The molecule has 1 fully saturated rings. The van der Waals surface area contributed by atoms with Gasteiger partial charge in [0.2, 0.25) is 5.91 Å². The van der Waals surface area contributed by atoms with Gasteiger partial charge in [-0.1, -0.05) is 23.7 Å². The van der Waals surface area contributed by atoms with E-state index in [1.165, 1.54) is 0 Å². The van der Waals surface area contributed by atoms with Gasteiger partial charge in [-0.15, -0.1) is 0 Å². The van der Waals surface area contributed by atoms with Gasteiger partial charge in [0, 0.05) is 32.1 Å². The molecule has 1 aliphatic rings. The molecule has 1 aromatic carbocycles. The van der Waals surface area contributed by atoms with Crippen molar-refractivity contribution in [2.24, 2.45) is 5.92 Å². The van der Waals surface area contributed by atoms with E-state index in [0.717, 1.165) is 6.54 Å². The molecule has 6 heteroatoms. The van der Waals surface area contributed by atoms with Crippen LogP contribution < -0.4 is 5.32 Å². The van der Waals surface area contributed by atoms with Crippen LogP contribution in [0.5, 0.6) is 0 Å². The maximum atomic E-state index is 12.5. The van der Waals surface area contributed by atoms with Gasteiger partial charge >= 0.3 is 0 Å². The molecule has 1 N–H and O–H groups in total. The summed E-state index contributed by atoms with van der Waals surface area (Å²) in [7, 11) is 3.95. The Balaban J connectivity index is 1.83. The van der Waals surface area contributed by atoms with Crippen molar-refractivity contribution in [2.75, 3.05) is 40.3 Å². The van der Waals surface area contributed by atoms with E-state index in [2.05, 4.69) is 5.32 Å². The summed E-state index contributed by atoms with van der Waals surface area (Å²) in [6, 6.07) is 7.08. The second kappa shape index (κ2) is 8.31. The molecule has 5 nitrogen and oxygen atoms in total. The standard InChI is InChI=1S/C17H24ClN3O2/c1-20(2)12-9-19-16(22)13-7-10-21(11-8-13)17(23)14-5-3-4-6-15(14)18/h3-6,13H,7-12H2,1-2H3,(H,19,22). The number of piperidine rings is 1. The van der Waals surface area contributed by atoms with Gasteiger partial charge in [0.05, 0.1) is 10.6 Å². The molecule has 0 atom stereocenters. The molecule has 1 aliphatic heterocycles. The van der Waals surface area contributed by atoms with Crippen LogP contribution in [-0.2, 0) is 4.79 Å². The summed E-state index contributed by atoms with van der Waals surface area (Å²) >= 11 is 6.08. The molecule has 2 amide bonds. The highest BCUT2D eigenvalue weighted by atomic mass is 35.5. The molecule has 1 saturated heterocycles. The Bertz CT molecular complexity index is 555. The second-order valence-corrected chi connectivity index (χ2v) is 6.55. The van der Waals surface area contributed by atoms with Gasteiger partial charge in [-0.05, 0) is 39.1 Å². The Hall–Kier alpha value is -1.59. The normalized spacial score (nSPS) is 15.7. The highest BCUT2D eigenvalue weighted by Crippen LogP contribution is 2.22. The van der Waals surface area contributed by atoms with Crippen LogP contribution in [0.1, 0.15) is 23.2 Å². The fourth-order valence-electron chi connectivity index (χ4n) is 2.70. The number of nitrogens with zero attached hydrogens (tertiary/aromatic N) is 2. The van der Waals surface area contributed by atoms with Crippen molar-refractivity contribution in [2.45, 2.75) is 12.8 Å². The minimum Gasteiger partial charge on any atom is -0.355 e. The van der Waals surface area contributed by atoms with Crippen molar-refractivity contribution in [3.63, 3.8) is 0 Å². The van der Waals surface area contributed by atoms with Crippen molar-refractivity contribution in [3.05, 3.63) is 34.9 Å². The summed E-state index contributed by atoms with van der Waals surface area (Å²) in [4.78, 5) is 28.4. The summed E-state index contributed by atoms with van der Waals surface area (Å²) < 4.78 is 0. The summed E-state index contributed by atoms with van der Waals surface area (Å²) in [6.45, 7) is 2.67. The van der Waals surface area contributed by atoms with Gasteiger partial charge < -0.3 is 15.1 Å². The third kappa shape index (κ3) is 4.94. The van der Waals surface area contributed by atoms with Crippen LogP contribution in [0, 0.1) is 5.92 Å². The van der Waals surface area contributed by atoms with Crippen LogP contribution >= 0.6 is 11.6 Å². The number of benzene rings is 1. The van der Waals surface area contributed by atoms with E-state index in [4.69, 9.17) is 11.6 Å². The number of hydrogen-bond acceptors (Lipinski definition) is 3. The molecule has 0 radical (unpaired) electrons. The number of carbonyl (C=O) groups excluding carboxylic acids is 2. The molecule has 1 heterocycles. The fourth-order valence-corrected chi connectivity index (χ4v) is 2.91. The largest absolute Gasteiger partial charge is 0.355 e. The molecule has 23 heavy (non-hydrogen) atoms. The van der Waals surface area contributed by atoms with E-state index < -0.39 is 0 Å². The first-order valence-electron chi connectivity index (χ1n) is 7.95. The lowest BCUT2D eigenvalue weighted by atomic mass is 9.95. The summed E-state index contributed by atoms with van der Waals surface area (Å²) in [5.41, 5.74) is 0.531. The van der Waals surface area contributed by atoms with Gasteiger partial charge in [-0.3, -0.25) is 9.59 Å². The lowest BCUT2D eigenvalue weighted by Gasteiger charge is -2.31. The number of likely N-dealkylation sites (N-methyl/N-ethyl adjacent to an activating group) is 1. The number of likely N-dealkylation sites (tertiary alicyclic amines) is 1. The van der Waals surface area contributed by atoms with Gasteiger partial charge in [0.15, 0.2) is 0 Å². The average Bonchev–Trinajstić information content (AvgIpc) is 2.54. The number of halogens is 1. The number of amides is 2. The van der Waals surface area contributed by atoms with Crippen LogP contribution in [0.2, 0.25) is 5.02 Å². The van der Waals surface area contributed by atoms with E-state index >= 15 is 0 Å². The van der Waals surface area contributed by atoms with E-state index in [9.17, 15) is 9.59 Å². The van der Waals surface area contributed by atoms with Crippen molar-refractivity contribution in [1.82, 2.24) is 15.1 Å². The predicted octanol–water partition coefficient (Wildman–Crippen LogP) is 1.87. The maximum absolute atomic E-state index is 12.5. The number of carbonyl (C=O) groups is 2. The van der Waals surface area contributed by atoms with Crippen LogP contribution in [0.25, 0.3) is 0 Å². The third-order valence-corrected chi connectivity index (χ3v) is 4.45. The molecule has 0 spiro atoms. The average molecular weight is 338 g/mol. The van der Waals surface area contributed by atoms with E-state index in [0.29, 0.717) is 43.1 Å². The highest BCUT2D eigenvalue weighted by Gasteiger charge is 2.28. The number of hydrogen-bond donors (Lipinski definition) is 1. The second-order valence-electron chi connectivity index (χ2n) is 6.14. The van der Waals surface area contributed by atoms with Gasteiger partial charge in [0.25, 0.3) is 5.91 Å². The minimum absolute atomic E-state index is 0.00698.